The van der Waals surface area contributed by atoms with Gasteiger partial charge in [-0.05, 0) is 25.7 Å². The molecule has 0 aromatic heterocycles. The summed E-state index contributed by atoms with van der Waals surface area (Å²) in [5.41, 5.74) is 5.02. The van der Waals surface area contributed by atoms with Crippen molar-refractivity contribution in [3.63, 3.8) is 0 Å². The number of amidine groups is 1. The molecule has 1 aliphatic rings. The SMILES string of the molecule is CC(NCC(C(N)=NO)C(F)(F)F)C1CC1. The van der Waals surface area contributed by atoms with Crippen LogP contribution in [0.15, 0.2) is 5.16 Å². The zero-order chi connectivity index (χ0) is 12.3. The summed E-state index contributed by atoms with van der Waals surface area (Å²) in [6.07, 6.45) is -2.39. The van der Waals surface area contributed by atoms with E-state index in [-0.39, 0.29) is 12.6 Å². The molecule has 16 heavy (non-hydrogen) atoms. The van der Waals surface area contributed by atoms with Gasteiger partial charge in [0.05, 0.1) is 0 Å². The fraction of sp³-hybridized carbons (Fsp3) is 0.889. The van der Waals surface area contributed by atoms with Crippen LogP contribution in [-0.4, -0.2) is 29.8 Å². The van der Waals surface area contributed by atoms with Crippen LogP contribution in [0.25, 0.3) is 0 Å². The minimum Gasteiger partial charge on any atom is -0.409 e. The Morgan fingerprint density at radius 1 is 1.56 bits per heavy atom. The van der Waals surface area contributed by atoms with Crippen LogP contribution in [0.2, 0.25) is 0 Å². The molecule has 0 amide bonds. The predicted octanol–water partition coefficient (Wildman–Crippen LogP) is 1.30. The number of nitrogens with zero attached hydrogens (tertiary/aromatic N) is 1. The van der Waals surface area contributed by atoms with Gasteiger partial charge in [0.1, 0.15) is 5.92 Å². The van der Waals surface area contributed by atoms with E-state index >= 15 is 0 Å². The van der Waals surface area contributed by atoms with Crippen molar-refractivity contribution in [1.82, 2.24) is 5.32 Å². The van der Waals surface area contributed by atoms with E-state index in [0.29, 0.717) is 5.92 Å². The van der Waals surface area contributed by atoms with E-state index in [4.69, 9.17) is 10.9 Å². The lowest BCUT2D eigenvalue weighted by Gasteiger charge is -2.21. The monoisotopic (exact) mass is 239 g/mol. The molecule has 0 spiro atoms. The van der Waals surface area contributed by atoms with Gasteiger partial charge in [0.25, 0.3) is 0 Å². The van der Waals surface area contributed by atoms with Crippen molar-refractivity contribution in [3.8, 4) is 0 Å². The molecule has 0 aromatic carbocycles. The summed E-state index contributed by atoms with van der Waals surface area (Å²) in [5, 5.41) is 13.5. The number of nitrogens with one attached hydrogen (secondary N) is 1. The van der Waals surface area contributed by atoms with Crippen molar-refractivity contribution in [1.29, 1.82) is 0 Å². The Balaban J connectivity index is 2.50. The van der Waals surface area contributed by atoms with Crippen molar-refractivity contribution in [2.24, 2.45) is 22.7 Å². The van der Waals surface area contributed by atoms with Gasteiger partial charge in [0.15, 0.2) is 5.84 Å². The maximum Gasteiger partial charge on any atom is 0.400 e. The van der Waals surface area contributed by atoms with Crippen LogP contribution in [0.4, 0.5) is 13.2 Å². The Morgan fingerprint density at radius 3 is 2.50 bits per heavy atom. The second-order valence-corrected chi connectivity index (χ2v) is 4.15. The van der Waals surface area contributed by atoms with Crippen LogP contribution in [0, 0.1) is 11.8 Å². The molecule has 0 saturated heterocycles. The van der Waals surface area contributed by atoms with Crippen molar-refractivity contribution >= 4 is 5.84 Å². The first kappa shape index (κ1) is 13.1. The standard InChI is InChI=1S/C9H16F3N3O/c1-5(6-2-3-6)14-4-7(8(13)15-16)9(10,11)12/h5-7,14,16H,2-4H2,1H3,(H2,13,15). The van der Waals surface area contributed by atoms with E-state index in [1.54, 1.807) is 0 Å². The fourth-order valence-electron chi connectivity index (χ4n) is 1.52. The lowest BCUT2D eigenvalue weighted by atomic mass is 10.1. The third-order valence-corrected chi connectivity index (χ3v) is 2.84. The van der Waals surface area contributed by atoms with E-state index < -0.39 is 17.9 Å². The molecule has 0 bridgehead atoms. The fourth-order valence-corrected chi connectivity index (χ4v) is 1.52. The molecule has 0 aromatic rings. The number of hydrogen-bond acceptors (Lipinski definition) is 3. The molecule has 4 nitrogen and oxygen atoms in total. The Kier molecular flexibility index (Phi) is 4.01. The molecule has 2 atom stereocenters. The van der Waals surface area contributed by atoms with Crippen LogP contribution in [0.1, 0.15) is 19.8 Å². The highest BCUT2D eigenvalue weighted by Crippen LogP contribution is 2.33. The van der Waals surface area contributed by atoms with E-state index in [2.05, 4.69) is 10.5 Å². The smallest absolute Gasteiger partial charge is 0.400 e. The van der Waals surface area contributed by atoms with Crippen LogP contribution in [0.5, 0.6) is 0 Å². The predicted molar refractivity (Wildman–Crippen MR) is 53.1 cm³/mol. The van der Waals surface area contributed by atoms with Crippen LogP contribution in [0.3, 0.4) is 0 Å². The summed E-state index contributed by atoms with van der Waals surface area (Å²) >= 11 is 0. The lowest BCUT2D eigenvalue weighted by Crippen LogP contribution is -2.45. The molecule has 1 rings (SSSR count). The van der Waals surface area contributed by atoms with Gasteiger partial charge in [-0.3, -0.25) is 0 Å². The minimum absolute atomic E-state index is 0.0383. The molecule has 94 valence electrons. The Hall–Kier alpha value is -0.980. The summed E-state index contributed by atoms with van der Waals surface area (Å²) in [6, 6.07) is 0.0383. The first-order valence-corrected chi connectivity index (χ1v) is 5.13. The van der Waals surface area contributed by atoms with E-state index in [0.717, 1.165) is 12.8 Å². The number of oxime groups is 1. The first-order valence-electron chi connectivity index (χ1n) is 5.13. The Bertz CT molecular complexity index is 263. The van der Waals surface area contributed by atoms with Gasteiger partial charge in [-0.1, -0.05) is 5.16 Å². The van der Waals surface area contributed by atoms with Gasteiger partial charge in [0, 0.05) is 12.6 Å². The zero-order valence-corrected chi connectivity index (χ0v) is 8.96. The molecule has 0 radical (unpaired) electrons. The average molecular weight is 239 g/mol. The van der Waals surface area contributed by atoms with Gasteiger partial charge >= 0.3 is 6.18 Å². The number of rotatable bonds is 5. The molecule has 0 aliphatic heterocycles. The molecule has 1 fully saturated rings. The largest absolute Gasteiger partial charge is 0.409 e. The minimum atomic E-state index is -4.49. The summed E-state index contributed by atoms with van der Waals surface area (Å²) < 4.78 is 37.5. The summed E-state index contributed by atoms with van der Waals surface area (Å²) in [5.74, 6) is -2.28. The van der Waals surface area contributed by atoms with E-state index in [1.165, 1.54) is 0 Å². The van der Waals surface area contributed by atoms with Gasteiger partial charge in [-0.15, -0.1) is 0 Å². The second-order valence-electron chi connectivity index (χ2n) is 4.15. The van der Waals surface area contributed by atoms with Crippen LogP contribution >= 0.6 is 0 Å². The quantitative estimate of drug-likeness (QED) is 0.293. The van der Waals surface area contributed by atoms with Crippen molar-refractivity contribution in [2.75, 3.05) is 6.54 Å². The molecular formula is C9H16F3N3O. The summed E-state index contributed by atoms with van der Waals surface area (Å²) in [7, 11) is 0. The van der Waals surface area contributed by atoms with Crippen LogP contribution in [-0.2, 0) is 0 Å². The van der Waals surface area contributed by atoms with E-state index in [9.17, 15) is 13.2 Å². The van der Waals surface area contributed by atoms with Gasteiger partial charge in [0.2, 0.25) is 0 Å². The van der Waals surface area contributed by atoms with Gasteiger partial charge in [-0.2, -0.15) is 13.2 Å². The number of nitrogens with two attached hydrogens (primary N) is 1. The lowest BCUT2D eigenvalue weighted by molar-refractivity contribution is -0.155. The Labute approximate surface area is 91.7 Å². The third kappa shape index (κ3) is 3.55. The molecule has 1 saturated carbocycles. The molecule has 4 N–H and O–H groups in total. The topological polar surface area (TPSA) is 70.6 Å². The maximum absolute atomic E-state index is 12.5. The van der Waals surface area contributed by atoms with E-state index in [1.807, 2.05) is 6.92 Å². The zero-order valence-electron chi connectivity index (χ0n) is 8.96. The number of halogens is 3. The highest BCUT2D eigenvalue weighted by Gasteiger charge is 2.43. The van der Waals surface area contributed by atoms with Crippen LogP contribution < -0.4 is 11.1 Å². The normalized spacial score (nSPS) is 21.9. The molecule has 7 heteroatoms. The first-order chi connectivity index (χ1) is 7.36. The average Bonchev–Trinajstić information content (AvgIpc) is 2.98. The number of hydrogen-bond donors (Lipinski definition) is 3. The van der Waals surface area contributed by atoms with Crippen molar-refractivity contribution < 1.29 is 18.4 Å². The van der Waals surface area contributed by atoms with Gasteiger partial charge < -0.3 is 16.3 Å². The highest BCUT2D eigenvalue weighted by molar-refractivity contribution is 5.83. The van der Waals surface area contributed by atoms with Crippen molar-refractivity contribution in [3.05, 3.63) is 0 Å². The molecule has 1 aliphatic carbocycles. The third-order valence-electron chi connectivity index (χ3n) is 2.84. The Morgan fingerprint density at radius 2 is 2.12 bits per heavy atom. The number of alkyl halides is 3. The van der Waals surface area contributed by atoms with Crippen molar-refractivity contribution in [2.45, 2.75) is 32.0 Å². The molecule has 2 unspecified atom stereocenters. The second kappa shape index (κ2) is 4.90. The summed E-state index contributed by atoms with van der Waals surface area (Å²) in [4.78, 5) is 0. The maximum atomic E-state index is 12.5. The molecular weight excluding hydrogens is 223 g/mol. The summed E-state index contributed by atoms with van der Waals surface area (Å²) in [6.45, 7) is 1.49. The molecule has 0 heterocycles. The van der Waals surface area contributed by atoms with Gasteiger partial charge in [-0.25, -0.2) is 0 Å². The highest BCUT2D eigenvalue weighted by atomic mass is 19.4.